The highest BCUT2D eigenvalue weighted by atomic mass is 16.7. The molecule has 3 rings (SSSR count). The van der Waals surface area contributed by atoms with Crippen molar-refractivity contribution in [2.45, 2.75) is 44.3 Å². The minimum Gasteiger partial charge on any atom is -0.348 e. The van der Waals surface area contributed by atoms with Crippen molar-refractivity contribution in [3.05, 3.63) is 0 Å². The predicted molar refractivity (Wildman–Crippen MR) is 49.3 cm³/mol. The summed E-state index contributed by atoms with van der Waals surface area (Å²) in [7, 11) is 0. The van der Waals surface area contributed by atoms with Gasteiger partial charge in [0.1, 0.15) is 0 Å². The third kappa shape index (κ3) is 1.31. The SMILES string of the molecule is C1CC[C@H]2CC3(C[C@@H]2C1)OCCO3. The van der Waals surface area contributed by atoms with E-state index in [1.807, 2.05) is 0 Å². The predicted octanol–water partition coefficient (Wildman–Crippen LogP) is 2.33. The van der Waals surface area contributed by atoms with Crippen molar-refractivity contribution >= 4 is 0 Å². The molecule has 2 saturated carbocycles. The summed E-state index contributed by atoms with van der Waals surface area (Å²) in [6.45, 7) is 1.64. The van der Waals surface area contributed by atoms with E-state index in [0.29, 0.717) is 0 Å². The van der Waals surface area contributed by atoms with E-state index in [4.69, 9.17) is 9.47 Å². The van der Waals surface area contributed by atoms with Gasteiger partial charge in [-0.25, -0.2) is 0 Å². The Morgan fingerprint density at radius 1 is 0.846 bits per heavy atom. The molecule has 2 heteroatoms. The van der Waals surface area contributed by atoms with Gasteiger partial charge in [-0.2, -0.15) is 0 Å². The zero-order valence-electron chi connectivity index (χ0n) is 8.13. The molecule has 0 radical (unpaired) electrons. The zero-order valence-corrected chi connectivity index (χ0v) is 8.13. The van der Waals surface area contributed by atoms with Crippen LogP contribution in [0.25, 0.3) is 0 Å². The first-order chi connectivity index (χ1) is 6.38. The van der Waals surface area contributed by atoms with Crippen LogP contribution in [-0.4, -0.2) is 19.0 Å². The highest BCUT2D eigenvalue weighted by Gasteiger charge is 2.49. The Morgan fingerprint density at radius 3 is 1.92 bits per heavy atom. The molecule has 1 heterocycles. The molecule has 0 aromatic heterocycles. The van der Waals surface area contributed by atoms with Gasteiger partial charge in [-0.05, 0) is 24.7 Å². The lowest BCUT2D eigenvalue weighted by atomic mass is 9.82. The van der Waals surface area contributed by atoms with Gasteiger partial charge in [0.15, 0.2) is 5.79 Å². The van der Waals surface area contributed by atoms with Crippen molar-refractivity contribution in [3.63, 3.8) is 0 Å². The van der Waals surface area contributed by atoms with Crippen molar-refractivity contribution in [3.8, 4) is 0 Å². The Hall–Kier alpha value is -0.0800. The average Bonchev–Trinajstić information content (AvgIpc) is 2.72. The summed E-state index contributed by atoms with van der Waals surface area (Å²) >= 11 is 0. The fourth-order valence-corrected chi connectivity index (χ4v) is 3.44. The van der Waals surface area contributed by atoms with Gasteiger partial charge in [0.05, 0.1) is 13.2 Å². The van der Waals surface area contributed by atoms with E-state index in [2.05, 4.69) is 0 Å². The van der Waals surface area contributed by atoms with E-state index >= 15 is 0 Å². The van der Waals surface area contributed by atoms with Crippen LogP contribution in [0.15, 0.2) is 0 Å². The number of ether oxygens (including phenoxy) is 2. The topological polar surface area (TPSA) is 18.5 Å². The molecule has 13 heavy (non-hydrogen) atoms. The molecule has 2 atom stereocenters. The summed E-state index contributed by atoms with van der Waals surface area (Å²) in [4.78, 5) is 0. The average molecular weight is 182 g/mol. The number of rotatable bonds is 0. The van der Waals surface area contributed by atoms with Crippen LogP contribution < -0.4 is 0 Å². The van der Waals surface area contributed by atoms with Gasteiger partial charge in [-0.3, -0.25) is 0 Å². The van der Waals surface area contributed by atoms with Crippen LogP contribution in [0.5, 0.6) is 0 Å². The summed E-state index contributed by atoms with van der Waals surface area (Å²) in [6, 6.07) is 0. The highest BCUT2D eigenvalue weighted by Crippen LogP contribution is 2.50. The van der Waals surface area contributed by atoms with Crippen molar-refractivity contribution in [2.24, 2.45) is 11.8 Å². The molecule has 1 saturated heterocycles. The van der Waals surface area contributed by atoms with E-state index in [-0.39, 0.29) is 5.79 Å². The standard InChI is InChI=1S/C11H18O2/c1-2-4-10-8-11(7-9(10)3-1)12-5-6-13-11/h9-10H,1-8H2/t9-,10-/m0/s1. The first kappa shape index (κ1) is 8.25. The molecule has 74 valence electrons. The second kappa shape index (κ2) is 2.96. The smallest absolute Gasteiger partial charge is 0.169 e. The van der Waals surface area contributed by atoms with Gasteiger partial charge in [0.25, 0.3) is 0 Å². The fourth-order valence-electron chi connectivity index (χ4n) is 3.44. The number of hydrogen-bond acceptors (Lipinski definition) is 2. The van der Waals surface area contributed by atoms with Crippen LogP contribution in [-0.2, 0) is 9.47 Å². The summed E-state index contributed by atoms with van der Waals surface area (Å²) in [5.41, 5.74) is 0. The van der Waals surface area contributed by atoms with E-state index in [1.165, 1.54) is 38.5 Å². The fraction of sp³-hybridized carbons (Fsp3) is 1.00. The summed E-state index contributed by atoms with van der Waals surface area (Å²) in [5.74, 6) is 1.69. The molecular weight excluding hydrogens is 164 g/mol. The van der Waals surface area contributed by atoms with Gasteiger partial charge in [-0.1, -0.05) is 12.8 Å². The quantitative estimate of drug-likeness (QED) is 0.572. The number of hydrogen-bond donors (Lipinski definition) is 0. The van der Waals surface area contributed by atoms with Crippen molar-refractivity contribution in [1.29, 1.82) is 0 Å². The number of fused-ring (bicyclic) bond motifs is 1. The zero-order chi connectivity index (χ0) is 8.73. The normalized spacial score (nSPS) is 42.5. The molecule has 3 aliphatic rings. The van der Waals surface area contributed by atoms with E-state index in [0.717, 1.165) is 25.0 Å². The highest BCUT2D eigenvalue weighted by molar-refractivity contribution is 4.93. The van der Waals surface area contributed by atoms with Crippen LogP contribution in [0.4, 0.5) is 0 Å². The minimum absolute atomic E-state index is 0.125. The van der Waals surface area contributed by atoms with E-state index in [1.54, 1.807) is 0 Å². The summed E-state index contributed by atoms with van der Waals surface area (Å²) in [5, 5.41) is 0. The molecule has 0 aromatic rings. The monoisotopic (exact) mass is 182 g/mol. The third-order valence-corrected chi connectivity index (χ3v) is 4.03. The van der Waals surface area contributed by atoms with Gasteiger partial charge in [-0.15, -0.1) is 0 Å². The van der Waals surface area contributed by atoms with Gasteiger partial charge in [0.2, 0.25) is 0 Å². The Morgan fingerprint density at radius 2 is 1.38 bits per heavy atom. The third-order valence-electron chi connectivity index (χ3n) is 4.03. The molecular formula is C11H18O2. The van der Waals surface area contributed by atoms with E-state index < -0.39 is 0 Å². The molecule has 0 unspecified atom stereocenters. The maximum absolute atomic E-state index is 5.77. The van der Waals surface area contributed by atoms with Crippen molar-refractivity contribution in [2.75, 3.05) is 13.2 Å². The molecule has 0 amide bonds. The van der Waals surface area contributed by atoms with Crippen molar-refractivity contribution < 1.29 is 9.47 Å². The van der Waals surface area contributed by atoms with Crippen LogP contribution in [0.1, 0.15) is 38.5 Å². The Kier molecular flexibility index (Phi) is 1.88. The molecule has 0 N–H and O–H groups in total. The Bertz CT molecular complexity index is 180. The van der Waals surface area contributed by atoms with Crippen molar-refractivity contribution in [1.82, 2.24) is 0 Å². The summed E-state index contributed by atoms with van der Waals surface area (Å²) < 4.78 is 11.5. The lowest BCUT2D eigenvalue weighted by molar-refractivity contribution is -0.154. The lowest BCUT2D eigenvalue weighted by Gasteiger charge is -2.23. The minimum atomic E-state index is -0.125. The Balaban J connectivity index is 1.74. The molecule has 2 aliphatic carbocycles. The maximum atomic E-state index is 5.77. The molecule has 0 aromatic carbocycles. The molecule has 1 aliphatic heterocycles. The van der Waals surface area contributed by atoms with Gasteiger partial charge < -0.3 is 9.47 Å². The molecule has 3 fully saturated rings. The lowest BCUT2D eigenvalue weighted by Crippen LogP contribution is -2.26. The molecule has 0 bridgehead atoms. The first-order valence-corrected chi connectivity index (χ1v) is 5.66. The molecule has 2 nitrogen and oxygen atoms in total. The molecule has 1 spiro atoms. The van der Waals surface area contributed by atoms with Crippen LogP contribution in [0.3, 0.4) is 0 Å². The Labute approximate surface area is 79.6 Å². The second-order valence-corrected chi connectivity index (χ2v) is 4.82. The van der Waals surface area contributed by atoms with Crippen LogP contribution in [0, 0.1) is 11.8 Å². The first-order valence-electron chi connectivity index (χ1n) is 5.66. The van der Waals surface area contributed by atoms with Gasteiger partial charge >= 0.3 is 0 Å². The van der Waals surface area contributed by atoms with Crippen LogP contribution in [0.2, 0.25) is 0 Å². The maximum Gasteiger partial charge on any atom is 0.169 e. The largest absolute Gasteiger partial charge is 0.348 e. The summed E-state index contributed by atoms with van der Waals surface area (Å²) in [6.07, 6.45) is 8.04. The van der Waals surface area contributed by atoms with Crippen LogP contribution >= 0.6 is 0 Å². The second-order valence-electron chi connectivity index (χ2n) is 4.82. The van der Waals surface area contributed by atoms with Gasteiger partial charge in [0, 0.05) is 12.8 Å². The van der Waals surface area contributed by atoms with E-state index in [9.17, 15) is 0 Å².